The molecule has 8 heteroatoms. The van der Waals surface area contributed by atoms with Crippen molar-refractivity contribution in [3.63, 3.8) is 0 Å². The van der Waals surface area contributed by atoms with Gasteiger partial charge in [-0.2, -0.15) is 0 Å². The number of aryl methyl sites for hydroxylation is 1. The molecule has 2 aromatic rings. The Morgan fingerprint density at radius 2 is 1.88 bits per heavy atom. The highest BCUT2D eigenvalue weighted by molar-refractivity contribution is 6.30. The Hall–Kier alpha value is -2.32. The van der Waals surface area contributed by atoms with Crippen LogP contribution in [0.2, 0.25) is 5.02 Å². The minimum atomic E-state index is -0.477. The number of hydrogen-bond donors (Lipinski definition) is 2. The van der Waals surface area contributed by atoms with Crippen molar-refractivity contribution in [2.45, 2.75) is 38.1 Å². The number of halogens is 1. The molecule has 0 fully saturated rings. The van der Waals surface area contributed by atoms with E-state index in [2.05, 4.69) is 18.3 Å². The van der Waals surface area contributed by atoms with E-state index in [9.17, 15) is 4.79 Å². The molecular weight excluding hydrogens is 454 g/mol. The zero-order valence-corrected chi connectivity index (χ0v) is 21.3. The first-order valence-electron chi connectivity index (χ1n) is 11.7. The van der Waals surface area contributed by atoms with E-state index < -0.39 is 6.03 Å². The number of ether oxygens (including phenoxy) is 3. The summed E-state index contributed by atoms with van der Waals surface area (Å²) in [5.41, 5.74) is 7.38. The maximum atomic E-state index is 12.2. The maximum absolute atomic E-state index is 12.2. The monoisotopic (exact) mass is 491 g/mol. The standard InChI is InChI=1S/C26H38ClN3O4/c1-4-29-26(20-34-18-17-32-2,15-13-21-7-5-8-22(27)19-21)14-6-16-30(25(28)31)23-9-11-24(33-3)12-10-23/h5,7-12,19,29H,4,6,13-18,20H2,1-3H3,(H2,28,31). The normalized spacial score (nSPS) is 12.8. The van der Waals surface area contributed by atoms with Crippen LogP contribution in [0.1, 0.15) is 31.7 Å². The van der Waals surface area contributed by atoms with Crippen molar-refractivity contribution < 1.29 is 19.0 Å². The third kappa shape index (κ3) is 9.14. The van der Waals surface area contributed by atoms with Crippen molar-refractivity contribution in [1.82, 2.24) is 5.32 Å². The van der Waals surface area contributed by atoms with Crippen LogP contribution in [-0.2, 0) is 15.9 Å². The molecule has 0 aliphatic carbocycles. The van der Waals surface area contributed by atoms with E-state index >= 15 is 0 Å². The van der Waals surface area contributed by atoms with Crippen LogP contribution < -0.4 is 20.7 Å². The van der Waals surface area contributed by atoms with Gasteiger partial charge in [0.2, 0.25) is 0 Å². The summed E-state index contributed by atoms with van der Waals surface area (Å²) in [4.78, 5) is 13.8. The highest BCUT2D eigenvalue weighted by Gasteiger charge is 2.29. The van der Waals surface area contributed by atoms with E-state index in [0.717, 1.165) is 48.7 Å². The van der Waals surface area contributed by atoms with Gasteiger partial charge < -0.3 is 25.3 Å². The fourth-order valence-corrected chi connectivity index (χ4v) is 4.28. The summed E-state index contributed by atoms with van der Waals surface area (Å²) in [6.45, 7) is 5.02. The summed E-state index contributed by atoms with van der Waals surface area (Å²) in [7, 11) is 3.27. The minimum Gasteiger partial charge on any atom is -0.497 e. The lowest BCUT2D eigenvalue weighted by atomic mass is 9.87. The van der Waals surface area contributed by atoms with Gasteiger partial charge in [0.1, 0.15) is 5.75 Å². The number of methoxy groups -OCH3 is 2. The van der Waals surface area contributed by atoms with Crippen molar-refractivity contribution in [2.75, 3.05) is 52.0 Å². The zero-order chi connectivity index (χ0) is 24.8. The number of likely N-dealkylation sites (N-methyl/N-ethyl adjacent to an activating group) is 1. The van der Waals surface area contributed by atoms with Crippen LogP contribution in [0.15, 0.2) is 48.5 Å². The van der Waals surface area contributed by atoms with Crippen molar-refractivity contribution in [2.24, 2.45) is 5.73 Å². The molecule has 0 aliphatic rings. The molecule has 2 amide bonds. The summed E-state index contributed by atoms with van der Waals surface area (Å²) in [5, 5.41) is 4.40. The second-order valence-electron chi connectivity index (χ2n) is 8.28. The van der Waals surface area contributed by atoms with Gasteiger partial charge in [0, 0.05) is 29.9 Å². The molecule has 0 radical (unpaired) electrons. The van der Waals surface area contributed by atoms with Crippen LogP contribution in [0.5, 0.6) is 5.75 Å². The molecule has 188 valence electrons. The number of urea groups is 1. The van der Waals surface area contributed by atoms with E-state index in [-0.39, 0.29) is 5.54 Å². The van der Waals surface area contributed by atoms with Crippen molar-refractivity contribution in [1.29, 1.82) is 0 Å². The molecule has 34 heavy (non-hydrogen) atoms. The Labute approximate surface area is 208 Å². The van der Waals surface area contributed by atoms with Gasteiger partial charge in [-0.15, -0.1) is 0 Å². The predicted molar refractivity (Wildman–Crippen MR) is 138 cm³/mol. The van der Waals surface area contributed by atoms with E-state index in [1.54, 1.807) is 19.1 Å². The first-order chi connectivity index (χ1) is 16.4. The second kappa shape index (κ2) is 14.8. The molecule has 7 nitrogen and oxygen atoms in total. The topological polar surface area (TPSA) is 86.1 Å². The summed E-state index contributed by atoms with van der Waals surface area (Å²) < 4.78 is 16.3. The van der Waals surface area contributed by atoms with Crippen molar-refractivity contribution in [3.8, 4) is 5.75 Å². The molecule has 1 unspecified atom stereocenters. The maximum Gasteiger partial charge on any atom is 0.319 e. The number of nitrogens with one attached hydrogen (secondary N) is 1. The Kier molecular flexibility index (Phi) is 12.2. The molecule has 2 aromatic carbocycles. The second-order valence-corrected chi connectivity index (χ2v) is 8.71. The van der Waals surface area contributed by atoms with Crippen LogP contribution in [0.25, 0.3) is 0 Å². The highest BCUT2D eigenvalue weighted by Crippen LogP contribution is 2.25. The third-order valence-corrected chi connectivity index (χ3v) is 6.07. The fraction of sp³-hybridized carbons (Fsp3) is 0.500. The number of nitrogens with two attached hydrogens (primary N) is 1. The fourth-order valence-electron chi connectivity index (χ4n) is 4.06. The number of carbonyl (C=O) groups excluding carboxylic acids is 1. The van der Waals surface area contributed by atoms with Gasteiger partial charge in [0.25, 0.3) is 0 Å². The molecule has 0 spiro atoms. The van der Waals surface area contributed by atoms with Gasteiger partial charge in [0.05, 0.1) is 26.9 Å². The third-order valence-electron chi connectivity index (χ3n) is 5.83. The number of amides is 2. The number of nitrogens with zero attached hydrogens (tertiary/aromatic N) is 1. The lowest BCUT2D eigenvalue weighted by Crippen LogP contribution is -2.50. The summed E-state index contributed by atoms with van der Waals surface area (Å²) >= 11 is 6.19. The largest absolute Gasteiger partial charge is 0.497 e. The van der Waals surface area contributed by atoms with Crippen molar-refractivity contribution in [3.05, 3.63) is 59.1 Å². The van der Waals surface area contributed by atoms with Crippen LogP contribution in [0, 0.1) is 0 Å². The van der Waals surface area contributed by atoms with Gasteiger partial charge in [-0.25, -0.2) is 4.79 Å². The lowest BCUT2D eigenvalue weighted by Gasteiger charge is -2.36. The highest BCUT2D eigenvalue weighted by atomic mass is 35.5. The summed E-state index contributed by atoms with van der Waals surface area (Å²) in [5.74, 6) is 0.730. The Morgan fingerprint density at radius 3 is 2.50 bits per heavy atom. The van der Waals surface area contributed by atoms with Crippen LogP contribution in [-0.4, -0.2) is 58.7 Å². The van der Waals surface area contributed by atoms with Gasteiger partial charge >= 0.3 is 6.03 Å². The van der Waals surface area contributed by atoms with Crippen LogP contribution in [0.4, 0.5) is 10.5 Å². The Balaban J connectivity index is 2.10. The molecule has 0 aliphatic heterocycles. The molecule has 2 rings (SSSR count). The quantitative estimate of drug-likeness (QED) is 0.333. The van der Waals surface area contributed by atoms with Crippen LogP contribution in [0.3, 0.4) is 0 Å². The van der Waals surface area contributed by atoms with Crippen molar-refractivity contribution >= 4 is 23.3 Å². The van der Waals surface area contributed by atoms with Gasteiger partial charge in [-0.05, 0) is 74.2 Å². The molecule has 0 saturated carbocycles. The smallest absolute Gasteiger partial charge is 0.319 e. The van der Waals surface area contributed by atoms with E-state index in [1.165, 1.54) is 5.56 Å². The van der Waals surface area contributed by atoms with Gasteiger partial charge in [0.15, 0.2) is 0 Å². The van der Waals surface area contributed by atoms with Gasteiger partial charge in [-0.3, -0.25) is 4.90 Å². The number of carbonyl (C=O) groups is 1. The Morgan fingerprint density at radius 1 is 1.12 bits per heavy atom. The molecule has 3 N–H and O–H groups in total. The average molecular weight is 492 g/mol. The lowest BCUT2D eigenvalue weighted by molar-refractivity contribution is 0.0270. The molecule has 0 saturated heterocycles. The van der Waals surface area contributed by atoms with Gasteiger partial charge in [-0.1, -0.05) is 30.7 Å². The first kappa shape index (κ1) is 27.9. The number of hydrogen-bond acceptors (Lipinski definition) is 5. The molecule has 1 atom stereocenters. The van der Waals surface area contributed by atoms with E-state index in [0.29, 0.717) is 26.4 Å². The molecular formula is C26H38ClN3O4. The number of anilines is 1. The molecule has 0 bridgehead atoms. The number of rotatable bonds is 16. The summed E-state index contributed by atoms with van der Waals surface area (Å²) in [6, 6.07) is 14.8. The van der Waals surface area contributed by atoms with E-state index in [1.807, 2.05) is 42.5 Å². The average Bonchev–Trinajstić information content (AvgIpc) is 2.83. The predicted octanol–water partition coefficient (Wildman–Crippen LogP) is 4.66. The number of primary amides is 1. The first-order valence-corrected chi connectivity index (χ1v) is 12.1. The summed E-state index contributed by atoms with van der Waals surface area (Å²) in [6.07, 6.45) is 3.30. The molecule has 0 heterocycles. The van der Waals surface area contributed by atoms with Crippen LogP contribution >= 0.6 is 11.6 Å². The number of benzene rings is 2. The van der Waals surface area contributed by atoms with E-state index in [4.69, 9.17) is 31.5 Å². The minimum absolute atomic E-state index is 0.256. The zero-order valence-electron chi connectivity index (χ0n) is 20.5. The SMILES string of the molecule is CCNC(CCCN(C(N)=O)c1ccc(OC)cc1)(CCc1cccc(Cl)c1)COCCOC. The Bertz CT molecular complexity index is 865. The molecule has 0 aromatic heterocycles.